The molecular weight excluding hydrogens is 335 g/mol. The molecule has 0 fully saturated rings. The van der Waals surface area contributed by atoms with Crippen molar-refractivity contribution in [3.8, 4) is 0 Å². The third-order valence-electron chi connectivity index (χ3n) is 2.37. The summed E-state index contributed by atoms with van der Waals surface area (Å²) in [6.07, 6.45) is 3.64. The Labute approximate surface area is 110 Å². The standard InChI is InChI=1S/C10H7IN4O2/c11-7-4-12-8-3-6(1-2-15(7)8)10-14-13-9(5-16)17-10/h1-5,9,13H. The molecule has 2 aromatic heterocycles. The SMILES string of the molecule is O=CC1NN=C(c2ccn3c(I)cnc3c2)O1. The summed E-state index contributed by atoms with van der Waals surface area (Å²) in [6.45, 7) is 0. The van der Waals surface area contributed by atoms with Crippen LogP contribution in [0.25, 0.3) is 5.65 Å². The number of aldehydes is 1. The van der Waals surface area contributed by atoms with E-state index in [1.54, 1.807) is 6.20 Å². The van der Waals surface area contributed by atoms with Crippen molar-refractivity contribution in [3.63, 3.8) is 0 Å². The first-order chi connectivity index (χ1) is 8.28. The summed E-state index contributed by atoms with van der Waals surface area (Å²) in [5, 5.41) is 3.95. The first-order valence-corrected chi connectivity index (χ1v) is 5.94. The molecule has 0 aliphatic carbocycles. The fourth-order valence-corrected chi connectivity index (χ4v) is 2.12. The molecule has 6 nitrogen and oxygen atoms in total. The number of hydrogen-bond acceptors (Lipinski definition) is 5. The number of aromatic nitrogens is 2. The van der Waals surface area contributed by atoms with Crippen LogP contribution in [-0.4, -0.2) is 27.8 Å². The molecule has 3 heterocycles. The lowest BCUT2D eigenvalue weighted by molar-refractivity contribution is -0.114. The second kappa shape index (κ2) is 3.99. The first-order valence-electron chi connectivity index (χ1n) is 4.86. The first kappa shape index (κ1) is 10.5. The Morgan fingerprint density at radius 1 is 1.59 bits per heavy atom. The summed E-state index contributed by atoms with van der Waals surface area (Å²) in [5.74, 6) is 0.405. The van der Waals surface area contributed by atoms with E-state index in [4.69, 9.17) is 4.74 Å². The Bertz CT molecular complexity index is 622. The van der Waals surface area contributed by atoms with E-state index in [1.165, 1.54) is 0 Å². The molecular formula is C10H7IN4O2. The van der Waals surface area contributed by atoms with Crippen LogP contribution in [0.4, 0.5) is 0 Å². The highest BCUT2D eigenvalue weighted by molar-refractivity contribution is 14.1. The van der Waals surface area contributed by atoms with Crippen LogP contribution in [0.3, 0.4) is 0 Å². The van der Waals surface area contributed by atoms with E-state index in [9.17, 15) is 4.79 Å². The molecule has 17 heavy (non-hydrogen) atoms. The third kappa shape index (κ3) is 1.75. The van der Waals surface area contributed by atoms with Gasteiger partial charge in [0.05, 0.1) is 6.20 Å². The van der Waals surface area contributed by atoms with Crippen molar-refractivity contribution in [1.82, 2.24) is 14.8 Å². The fraction of sp³-hybridized carbons (Fsp3) is 0.100. The Balaban J connectivity index is 1.99. The molecule has 3 rings (SSSR count). The van der Waals surface area contributed by atoms with E-state index in [0.717, 1.165) is 14.9 Å². The van der Waals surface area contributed by atoms with Gasteiger partial charge in [0.2, 0.25) is 12.1 Å². The van der Waals surface area contributed by atoms with Crippen LogP contribution in [0.1, 0.15) is 5.56 Å². The summed E-state index contributed by atoms with van der Waals surface area (Å²) in [7, 11) is 0. The van der Waals surface area contributed by atoms with Crippen LogP contribution in [-0.2, 0) is 9.53 Å². The number of nitrogens with one attached hydrogen (secondary N) is 1. The van der Waals surface area contributed by atoms with E-state index in [0.29, 0.717) is 12.2 Å². The lowest BCUT2D eigenvalue weighted by atomic mass is 10.2. The Morgan fingerprint density at radius 2 is 2.47 bits per heavy atom. The highest BCUT2D eigenvalue weighted by Gasteiger charge is 2.19. The van der Waals surface area contributed by atoms with E-state index >= 15 is 0 Å². The monoisotopic (exact) mass is 342 g/mol. The number of rotatable bonds is 2. The van der Waals surface area contributed by atoms with Crippen LogP contribution in [0.15, 0.2) is 29.6 Å². The van der Waals surface area contributed by atoms with E-state index < -0.39 is 6.23 Å². The van der Waals surface area contributed by atoms with Crippen LogP contribution < -0.4 is 5.43 Å². The van der Waals surface area contributed by atoms with Gasteiger partial charge in [0.25, 0.3) is 0 Å². The number of hydrogen-bond donors (Lipinski definition) is 1. The molecule has 0 saturated heterocycles. The Kier molecular flexibility index (Phi) is 2.46. The maximum atomic E-state index is 10.5. The van der Waals surface area contributed by atoms with Gasteiger partial charge in [-0.1, -0.05) is 0 Å². The van der Waals surface area contributed by atoms with Crippen molar-refractivity contribution in [2.45, 2.75) is 6.23 Å². The number of fused-ring (bicyclic) bond motifs is 1. The predicted octanol–water partition coefficient (Wildman–Crippen LogP) is 0.745. The maximum absolute atomic E-state index is 10.5. The van der Waals surface area contributed by atoms with Gasteiger partial charge < -0.3 is 4.74 Å². The Hall–Kier alpha value is -1.64. The zero-order valence-corrected chi connectivity index (χ0v) is 10.7. The van der Waals surface area contributed by atoms with E-state index in [-0.39, 0.29) is 0 Å². The van der Waals surface area contributed by atoms with Crippen LogP contribution in [0.2, 0.25) is 0 Å². The highest BCUT2D eigenvalue weighted by atomic mass is 127. The molecule has 0 radical (unpaired) electrons. The van der Waals surface area contributed by atoms with Crippen molar-refractivity contribution in [3.05, 3.63) is 33.8 Å². The van der Waals surface area contributed by atoms with Crippen molar-refractivity contribution >= 4 is 40.4 Å². The van der Waals surface area contributed by atoms with Gasteiger partial charge in [0.15, 0.2) is 6.29 Å². The van der Waals surface area contributed by atoms with Crippen molar-refractivity contribution in [2.75, 3.05) is 0 Å². The maximum Gasteiger partial charge on any atom is 0.242 e. The fourth-order valence-electron chi connectivity index (χ4n) is 1.57. The van der Waals surface area contributed by atoms with Crippen molar-refractivity contribution in [1.29, 1.82) is 0 Å². The number of ether oxygens (including phenoxy) is 1. The average Bonchev–Trinajstić information content (AvgIpc) is 2.96. The summed E-state index contributed by atoms with van der Waals surface area (Å²) in [4.78, 5) is 14.8. The molecule has 0 spiro atoms. The minimum absolute atomic E-state index is 0.405. The number of hydrazone groups is 1. The van der Waals surface area contributed by atoms with Gasteiger partial charge in [-0.25, -0.2) is 4.98 Å². The third-order valence-corrected chi connectivity index (χ3v) is 3.17. The molecule has 7 heteroatoms. The van der Waals surface area contributed by atoms with Crippen LogP contribution in [0, 0.1) is 3.70 Å². The minimum atomic E-state index is -0.693. The van der Waals surface area contributed by atoms with Gasteiger partial charge in [-0.05, 0) is 34.7 Å². The van der Waals surface area contributed by atoms with Gasteiger partial charge >= 0.3 is 0 Å². The second-order valence-corrected chi connectivity index (χ2v) is 4.55. The minimum Gasteiger partial charge on any atom is -0.444 e. The number of carbonyl (C=O) groups is 1. The van der Waals surface area contributed by atoms with Gasteiger partial charge in [-0.2, -0.15) is 0 Å². The summed E-state index contributed by atoms with van der Waals surface area (Å²) >= 11 is 2.20. The molecule has 1 aliphatic heterocycles. The normalized spacial score (nSPS) is 18.6. The molecule has 1 N–H and O–H groups in total. The van der Waals surface area contributed by atoms with Crippen molar-refractivity contribution < 1.29 is 9.53 Å². The van der Waals surface area contributed by atoms with Crippen LogP contribution in [0.5, 0.6) is 0 Å². The molecule has 1 atom stereocenters. The summed E-state index contributed by atoms with van der Waals surface area (Å²) < 4.78 is 8.26. The topological polar surface area (TPSA) is 68.0 Å². The lowest BCUT2D eigenvalue weighted by Gasteiger charge is -2.04. The number of halogens is 1. The summed E-state index contributed by atoms with van der Waals surface area (Å²) in [5.41, 5.74) is 4.18. The van der Waals surface area contributed by atoms with E-state index in [1.807, 2.05) is 22.7 Å². The molecule has 0 saturated carbocycles. The molecule has 0 amide bonds. The lowest BCUT2D eigenvalue weighted by Crippen LogP contribution is -2.23. The molecule has 2 aromatic rings. The van der Waals surface area contributed by atoms with Gasteiger partial charge in [-0.3, -0.25) is 14.6 Å². The highest BCUT2D eigenvalue weighted by Crippen LogP contribution is 2.14. The smallest absolute Gasteiger partial charge is 0.242 e. The molecule has 1 unspecified atom stereocenters. The quantitative estimate of drug-likeness (QED) is 0.646. The van der Waals surface area contributed by atoms with Gasteiger partial charge in [0.1, 0.15) is 9.35 Å². The van der Waals surface area contributed by atoms with Gasteiger partial charge in [0, 0.05) is 11.8 Å². The zero-order valence-electron chi connectivity index (χ0n) is 8.50. The molecule has 0 aromatic carbocycles. The number of pyridine rings is 1. The largest absolute Gasteiger partial charge is 0.444 e. The summed E-state index contributed by atoms with van der Waals surface area (Å²) in [6, 6.07) is 3.72. The van der Waals surface area contributed by atoms with Crippen LogP contribution >= 0.6 is 22.6 Å². The number of nitrogens with zero attached hydrogens (tertiary/aromatic N) is 3. The molecule has 86 valence electrons. The zero-order chi connectivity index (χ0) is 11.8. The molecule has 1 aliphatic rings. The van der Waals surface area contributed by atoms with Crippen molar-refractivity contribution in [2.24, 2.45) is 5.10 Å². The predicted molar refractivity (Wildman–Crippen MR) is 68.5 cm³/mol. The number of imidazole rings is 1. The second-order valence-electron chi connectivity index (χ2n) is 3.45. The van der Waals surface area contributed by atoms with E-state index in [2.05, 4.69) is 38.1 Å². The number of carbonyl (C=O) groups excluding carboxylic acids is 1. The average molecular weight is 342 g/mol. The van der Waals surface area contributed by atoms with Gasteiger partial charge in [-0.15, -0.1) is 5.10 Å². The Morgan fingerprint density at radius 3 is 3.24 bits per heavy atom. The molecule has 0 bridgehead atoms.